The fraction of sp³-hybridized carbons (Fsp3) is 0.214. The first kappa shape index (κ1) is 16.1. The van der Waals surface area contributed by atoms with Gasteiger partial charge < -0.3 is 0 Å². The highest BCUT2D eigenvalue weighted by atomic mass is 79.9. The van der Waals surface area contributed by atoms with Gasteiger partial charge in [-0.1, -0.05) is 0 Å². The highest BCUT2D eigenvalue weighted by Gasteiger charge is 2.21. The Morgan fingerprint density at radius 2 is 1.90 bits per heavy atom. The number of halogens is 2. The number of aromatic nitrogens is 1. The number of benzene rings is 1. The zero-order valence-corrected chi connectivity index (χ0v) is 13.7. The standard InChI is InChI=1S/C14H14BrFN2O2S/c1-18(9-6-11-4-7-17-8-5-11)21(19,20)12-2-3-13(15)14(16)10-12/h2-5,7-8,10H,6,9H2,1H3. The predicted molar refractivity (Wildman–Crippen MR) is 81.9 cm³/mol. The van der Waals surface area contributed by atoms with Crippen LogP contribution in [0.4, 0.5) is 4.39 Å². The fourth-order valence-corrected chi connectivity index (χ4v) is 3.20. The van der Waals surface area contributed by atoms with Gasteiger partial charge in [-0.3, -0.25) is 4.98 Å². The first-order chi connectivity index (χ1) is 9.91. The minimum absolute atomic E-state index is 0.0552. The van der Waals surface area contributed by atoms with Gasteiger partial charge in [0.2, 0.25) is 10.0 Å². The lowest BCUT2D eigenvalue weighted by molar-refractivity contribution is 0.471. The molecular weight excluding hydrogens is 359 g/mol. The summed E-state index contributed by atoms with van der Waals surface area (Å²) in [5, 5.41) is 0. The van der Waals surface area contributed by atoms with Crippen molar-refractivity contribution in [2.45, 2.75) is 11.3 Å². The maximum absolute atomic E-state index is 13.5. The van der Waals surface area contributed by atoms with E-state index in [-0.39, 0.29) is 9.37 Å². The van der Waals surface area contributed by atoms with Crippen molar-refractivity contribution in [2.24, 2.45) is 0 Å². The summed E-state index contributed by atoms with van der Waals surface area (Å²) in [7, 11) is -2.21. The van der Waals surface area contributed by atoms with E-state index in [1.165, 1.54) is 23.5 Å². The number of rotatable bonds is 5. The lowest BCUT2D eigenvalue weighted by atomic mass is 10.2. The summed E-state index contributed by atoms with van der Waals surface area (Å²) >= 11 is 3.01. The molecule has 0 fully saturated rings. The maximum Gasteiger partial charge on any atom is 0.242 e. The van der Waals surface area contributed by atoms with Gasteiger partial charge >= 0.3 is 0 Å². The third-order valence-corrected chi connectivity index (χ3v) is 5.56. The van der Waals surface area contributed by atoms with Gasteiger partial charge in [-0.25, -0.2) is 17.1 Å². The average molecular weight is 373 g/mol. The highest BCUT2D eigenvalue weighted by Crippen LogP contribution is 2.21. The summed E-state index contributed by atoms with van der Waals surface area (Å²) in [5.41, 5.74) is 0.994. The van der Waals surface area contributed by atoms with Gasteiger partial charge in [0, 0.05) is 26.0 Å². The Balaban J connectivity index is 2.13. The topological polar surface area (TPSA) is 50.3 Å². The van der Waals surface area contributed by atoms with Crippen molar-refractivity contribution in [3.05, 3.63) is 58.6 Å². The van der Waals surface area contributed by atoms with Crippen molar-refractivity contribution in [2.75, 3.05) is 13.6 Å². The molecular formula is C14H14BrFN2O2S. The maximum atomic E-state index is 13.5. The molecule has 0 saturated carbocycles. The second-order valence-corrected chi connectivity index (χ2v) is 7.41. The number of nitrogens with zero attached hydrogens (tertiary/aromatic N) is 2. The quantitative estimate of drug-likeness (QED) is 0.810. The monoisotopic (exact) mass is 372 g/mol. The predicted octanol–water partition coefficient (Wildman–Crippen LogP) is 2.85. The van der Waals surface area contributed by atoms with Crippen LogP contribution in [0.5, 0.6) is 0 Å². The Kier molecular flexibility index (Phi) is 5.08. The lowest BCUT2D eigenvalue weighted by Gasteiger charge is -2.17. The van der Waals surface area contributed by atoms with Crippen LogP contribution in [0.15, 0.2) is 52.1 Å². The molecule has 21 heavy (non-hydrogen) atoms. The summed E-state index contributed by atoms with van der Waals surface area (Å²) in [6.45, 7) is 0.310. The Labute approximate surface area is 131 Å². The smallest absolute Gasteiger partial charge is 0.242 e. The van der Waals surface area contributed by atoms with E-state index in [0.717, 1.165) is 11.6 Å². The molecule has 0 amide bonds. The van der Waals surface area contributed by atoms with Crippen molar-refractivity contribution in [3.8, 4) is 0 Å². The van der Waals surface area contributed by atoms with Crippen LogP contribution in [0.2, 0.25) is 0 Å². The fourth-order valence-electron chi connectivity index (χ4n) is 1.77. The highest BCUT2D eigenvalue weighted by molar-refractivity contribution is 9.10. The molecule has 0 aliphatic rings. The van der Waals surface area contributed by atoms with Gasteiger partial charge in [0.15, 0.2) is 0 Å². The first-order valence-corrected chi connectivity index (χ1v) is 8.45. The molecule has 0 saturated heterocycles. The van der Waals surface area contributed by atoms with Crippen molar-refractivity contribution >= 4 is 26.0 Å². The third kappa shape index (κ3) is 3.87. The number of sulfonamides is 1. The SMILES string of the molecule is CN(CCc1ccncc1)S(=O)(=O)c1ccc(Br)c(F)c1. The van der Waals surface area contributed by atoms with E-state index in [4.69, 9.17) is 0 Å². The summed E-state index contributed by atoms with van der Waals surface area (Å²) in [5.74, 6) is -0.599. The number of hydrogen-bond acceptors (Lipinski definition) is 3. The summed E-state index contributed by atoms with van der Waals surface area (Å²) in [6, 6.07) is 7.45. The summed E-state index contributed by atoms with van der Waals surface area (Å²) < 4.78 is 39.6. The van der Waals surface area contributed by atoms with E-state index in [2.05, 4.69) is 20.9 Å². The summed E-state index contributed by atoms with van der Waals surface area (Å²) in [6.07, 6.45) is 3.89. The normalized spacial score (nSPS) is 11.8. The van der Waals surface area contributed by atoms with Gasteiger partial charge in [-0.15, -0.1) is 0 Å². The zero-order chi connectivity index (χ0) is 15.5. The number of likely N-dealkylation sites (N-methyl/N-ethyl adjacent to an activating group) is 1. The molecule has 0 radical (unpaired) electrons. The van der Waals surface area contributed by atoms with Gasteiger partial charge in [-0.2, -0.15) is 0 Å². The van der Waals surface area contributed by atoms with E-state index in [9.17, 15) is 12.8 Å². The molecule has 1 aromatic heterocycles. The van der Waals surface area contributed by atoms with Gasteiger partial charge in [0.05, 0.1) is 9.37 Å². The first-order valence-electron chi connectivity index (χ1n) is 6.21. The molecule has 0 aliphatic carbocycles. The van der Waals surface area contributed by atoms with Gasteiger partial charge in [0.1, 0.15) is 5.82 Å². The number of hydrogen-bond donors (Lipinski definition) is 0. The van der Waals surface area contributed by atoms with Crippen LogP contribution in [0.1, 0.15) is 5.56 Å². The van der Waals surface area contributed by atoms with Crippen LogP contribution in [-0.4, -0.2) is 31.3 Å². The molecule has 0 atom stereocenters. The molecule has 0 N–H and O–H groups in total. The molecule has 0 unspecified atom stereocenters. The molecule has 0 bridgehead atoms. The van der Waals surface area contributed by atoms with Crippen molar-refractivity contribution in [3.63, 3.8) is 0 Å². The van der Waals surface area contributed by atoms with Crippen LogP contribution >= 0.6 is 15.9 Å². The van der Waals surface area contributed by atoms with Crippen molar-refractivity contribution in [1.29, 1.82) is 0 Å². The molecule has 0 spiro atoms. The Hall–Kier alpha value is -1.31. The molecule has 1 aromatic carbocycles. The van der Waals surface area contributed by atoms with Crippen LogP contribution in [0.25, 0.3) is 0 Å². The third-order valence-electron chi connectivity index (χ3n) is 3.06. The van der Waals surface area contributed by atoms with Gasteiger partial charge in [-0.05, 0) is 58.2 Å². The lowest BCUT2D eigenvalue weighted by Crippen LogP contribution is -2.29. The minimum Gasteiger partial charge on any atom is -0.265 e. The molecule has 112 valence electrons. The molecule has 4 nitrogen and oxygen atoms in total. The molecule has 0 aliphatic heterocycles. The second kappa shape index (κ2) is 6.64. The molecule has 2 aromatic rings. The van der Waals surface area contributed by atoms with Crippen LogP contribution in [-0.2, 0) is 16.4 Å². The minimum atomic E-state index is -3.69. The molecule has 1 heterocycles. The Bertz CT molecular complexity index is 723. The van der Waals surface area contributed by atoms with Gasteiger partial charge in [0.25, 0.3) is 0 Å². The second-order valence-electron chi connectivity index (χ2n) is 4.51. The van der Waals surface area contributed by atoms with E-state index in [1.807, 2.05) is 12.1 Å². The molecule has 7 heteroatoms. The van der Waals surface area contributed by atoms with E-state index in [0.29, 0.717) is 13.0 Å². The van der Waals surface area contributed by atoms with Crippen LogP contribution < -0.4 is 0 Å². The zero-order valence-electron chi connectivity index (χ0n) is 11.3. The summed E-state index contributed by atoms with van der Waals surface area (Å²) in [4.78, 5) is 3.85. The Morgan fingerprint density at radius 1 is 1.24 bits per heavy atom. The average Bonchev–Trinajstić information content (AvgIpc) is 2.48. The largest absolute Gasteiger partial charge is 0.265 e. The number of pyridine rings is 1. The van der Waals surface area contributed by atoms with Crippen LogP contribution in [0, 0.1) is 5.82 Å². The van der Waals surface area contributed by atoms with Crippen molar-refractivity contribution < 1.29 is 12.8 Å². The van der Waals surface area contributed by atoms with E-state index >= 15 is 0 Å². The Morgan fingerprint density at radius 3 is 2.52 bits per heavy atom. The van der Waals surface area contributed by atoms with E-state index < -0.39 is 15.8 Å². The van der Waals surface area contributed by atoms with Crippen LogP contribution in [0.3, 0.4) is 0 Å². The van der Waals surface area contributed by atoms with E-state index in [1.54, 1.807) is 12.4 Å². The van der Waals surface area contributed by atoms with Crippen molar-refractivity contribution in [1.82, 2.24) is 9.29 Å². The molecule has 2 rings (SSSR count).